The number of hydrogen-bond donors (Lipinski definition) is 1. The molecule has 0 amide bonds. The van der Waals surface area contributed by atoms with Crippen LogP contribution in [0.15, 0.2) is 24.3 Å². The molecule has 0 aromatic heterocycles. The van der Waals surface area contributed by atoms with Gasteiger partial charge in [-0.05, 0) is 43.9 Å². The second-order valence-electron chi connectivity index (χ2n) is 5.15. The van der Waals surface area contributed by atoms with Crippen LogP contribution in [0.1, 0.15) is 43.7 Å². The van der Waals surface area contributed by atoms with Crippen molar-refractivity contribution in [3.05, 3.63) is 35.4 Å². The highest BCUT2D eigenvalue weighted by atomic mass is 19.4. The molecule has 116 valence electrons. The maximum atomic E-state index is 12.7. The molecule has 1 aromatic rings. The van der Waals surface area contributed by atoms with Crippen LogP contribution in [0.25, 0.3) is 0 Å². The van der Waals surface area contributed by atoms with E-state index in [1.54, 1.807) is 6.07 Å². The van der Waals surface area contributed by atoms with E-state index in [2.05, 4.69) is 18.2 Å². The predicted molar refractivity (Wildman–Crippen MR) is 79.9 cm³/mol. The molecular weight excluding hydrogens is 275 g/mol. The summed E-state index contributed by atoms with van der Waals surface area (Å²) in [6.07, 6.45) is 5.00. The van der Waals surface area contributed by atoms with Crippen molar-refractivity contribution in [2.45, 2.75) is 51.2 Å². The van der Waals surface area contributed by atoms with Crippen molar-refractivity contribution in [3.63, 3.8) is 0 Å². The summed E-state index contributed by atoms with van der Waals surface area (Å²) in [6.45, 7) is 2.93. The average molecular weight is 297 g/mol. The second-order valence-corrected chi connectivity index (χ2v) is 5.15. The Labute approximate surface area is 124 Å². The van der Waals surface area contributed by atoms with Gasteiger partial charge in [0.25, 0.3) is 0 Å². The van der Waals surface area contributed by atoms with Crippen LogP contribution in [-0.4, -0.2) is 12.6 Å². The maximum Gasteiger partial charge on any atom is 0.416 e. The van der Waals surface area contributed by atoms with E-state index in [0.717, 1.165) is 31.9 Å². The Balaban J connectivity index is 2.70. The van der Waals surface area contributed by atoms with E-state index >= 15 is 0 Å². The van der Waals surface area contributed by atoms with Gasteiger partial charge >= 0.3 is 6.18 Å². The summed E-state index contributed by atoms with van der Waals surface area (Å²) in [5, 5.41) is 3.39. The van der Waals surface area contributed by atoms with E-state index in [1.165, 1.54) is 12.1 Å². The SMILES string of the molecule is C#CCCCC(Cc1cccc(C(F)(F)F)c1)NCCC. The van der Waals surface area contributed by atoms with Crippen molar-refractivity contribution in [1.82, 2.24) is 5.32 Å². The van der Waals surface area contributed by atoms with E-state index < -0.39 is 11.7 Å². The van der Waals surface area contributed by atoms with E-state index in [0.29, 0.717) is 18.4 Å². The number of halogens is 3. The van der Waals surface area contributed by atoms with Crippen molar-refractivity contribution in [1.29, 1.82) is 0 Å². The predicted octanol–water partition coefficient (Wildman–Crippen LogP) is 4.42. The van der Waals surface area contributed by atoms with Crippen molar-refractivity contribution >= 4 is 0 Å². The number of nitrogens with one attached hydrogen (secondary N) is 1. The van der Waals surface area contributed by atoms with Crippen LogP contribution in [0, 0.1) is 12.3 Å². The molecule has 0 aliphatic carbocycles. The van der Waals surface area contributed by atoms with E-state index in [1.807, 2.05) is 0 Å². The van der Waals surface area contributed by atoms with E-state index in [-0.39, 0.29) is 6.04 Å². The number of benzene rings is 1. The molecule has 0 bridgehead atoms. The van der Waals surface area contributed by atoms with Crippen LogP contribution in [0.5, 0.6) is 0 Å². The normalized spacial score (nSPS) is 12.9. The largest absolute Gasteiger partial charge is 0.416 e. The zero-order chi connectivity index (χ0) is 15.7. The molecule has 1 aromatic carbocycles. The minimum absolute atomic E-state index is 0.168. The topological polar surface area (TPSA) is 12.0 Å². The monoisotopic (exact) mass is 297 g/mol. The van der Waals surface area contributed by atoms with Gasteiger partial charge < -0.3 is 5.32 Å². The molecule has 0 aliphatic rings. The highest BCUT2D eigenvalue weighted by Gasteiger charge is 2.30. The Morgan fingerprint density at radius 2 is 2.10 bits per heavy atom. The standard InChI is InChI=1S/C17H22F3N/c1-3-5-6-10-16(21-11-4-2)13-14-8-7-9-15(12-14)17(18,19)20/h1,7-9,12,16,21H,4-6,10-11,13H2,2H3. The minimum atomic E-state index is -4.29. The number of unbranched alkanes of at least 4 members (excludes halogenated alkanes) is 1. The maximum absolute atomic E-state index is 12.7. The third-order valence-corrected chi connectivity index (χ3v) is 3.29. The number of alkyl halides is 3. The number of terminal acetylenes is 1. The first-order valence-corrected chi connectivity index (χ1v) is 7.30. The van der Waals surface area contributed by atoms with Crippen LogP contribution >= 0.6 is 0 Å². The molecule has 1 N–H and O–H groups in total. The fourth-order valence-electron chi connectivity index (χ4n) is 2.23. The lowest BCUT2D eigenvalue weighted by molar-refractivity contribution is -0.137. The van der Waals surface area contributed by atoms with Gasteiger partial charge in [-0.15, -0.1) is 12.3 Å². The first-order valence-electron chi connectivity index (χ1n) is 7.30. The number of hydrogen-bond acceptors (Lipinski definition) is 1. The average Bonchev–Trinajstić information content (AvgIpc) is 2.44. The van der Waals surface area contributed by atoms with Gasteiger partial charge in [-0.2, -0.15) is 13.2 Å². The van der Waals surface area contributed by atoms with E-state index in [4.69, 9.17) is 6.42 Å². The fraction of sp³-hybridized carbons (Fsp3) is 0.529. The Morgan fingerprint density at radius 1 is 1.33 bits per heavy atom. The lowest BCUT2D eigenvalue weighted by Gasteiger charge is -2.19. The fourth-order valence-corrected chi connectivity index (χ4v) is 2.23. The van der Waals surface area contributed by atoms with Gasteiger partial charge in [0, 0.05) is 12.5 Å². The second kappa shape index (κ2) is 8.74. The molecule has 0 fully saturated rings. The van der Waals surface area contributed by atoms with Crippen LogP contribution in [-0.2, 0) is 12.6 Å². The lowest BCUT2D eigenvalue weighted by Crippen LogP contribution is -2.31. The van der Waals surface area contributed by atoms with Crippen molar-refractivity contribution in [2.24, 2.45) is 0 Å². The summed E-state index contributed by atoms with van der Waals surface area (Å²) in [5.41, 5.74) is 0.122. The van der Waals surface area contributed by atoms with Gasteiger partial charge in [-0.1, -0.05) is 25.1 Å². The molecule has 0 spiro atoms. The van der Waals surface area contributed by atoms with Crippen LogP contribution < -0.4 is 5.32 Å². The van der Waals surface area contributed by atoms with Gasteiger partial charge in [0.1, 0.15) is 0 Å². The first-order chi connectivity index (χ1) is 9.97. The summed E-state index contributed by atoms with van der Waals surface area (Å²) in [7, 11) is 0. The van der Waals surface area contributed by atoms with Crippen molar-refractivity contribution in [3.8, 4) is 12.3 Å². The van der Waals surface area contributed by atoms with Gasteiger partial charge in [0.05, 0.1) is 5.56 Å². The Kier molecular flexibility index (Phi) is 7.31. The molecule has 1 rings (SSSR count). The van der Waals surface area contributed by atoms with Crippen molar-refractivity contribution in [2.75, 3.05) is 6.54 Å². The molecular formula is C17H22F3N. The lowest BCUT2D eigenvalue weighted by atomic mass is 9.99. The smallest absolute Gasteiger partial charge is 0.314 e. The highest BCUT2D eigenvalue weighted by Crippen LogP contribution is 2.29. The third-order valence-electron chi connectivity index (χ3n) is 3.29. The molecule has 0 radical (unpaired) electrons. The van der Waals surface area contributed by atoms with Gasteiger partial charge in [0.15, 0.2) is 0 Å². The van der Waals surface area contributed by atoms with E-state index in [9.17, 15) is 13.2 Å². The summed E-state index contributed by atoms with van der Waals surface area (Å²) >= 11 is 0. The Hall–Kier alpha value is -1.47. The number of rotatable bonds is 8. The van der Waals surface area contributed by atoms with Gasteiger partial charge in [-0.25, -0.2) is 0 Å². The summed E-state index contributed by atoms with van der Waals surface area (Å²) in [5.74, 6) is 2.60. The molecule has 1 unspecified atom stereocenters. The van der Waals surface area contributed by atoms with Crippen molar-refractivity contribution < 1.29 is 13.2 Å². The van der Waals surface area contributed by atoms with Gasteiger partial charge in [0.2, 0.25) is 0 Å². The molecule has 0 saturated carbocycles. The zero-order valence-electron chi connectivity index (χ0n) is 12.3. The molecule has 0 aliphatic heterocycles. The third kappa shape index (κ3) is 6.68. The first kappa shape index (κ1) is 17.6. The van der Waals surface area contributed by atoms with Gasteiger partial charge in [-0.3, -0.25) is 0 Å². The molecule has 1 atom stereocenters. The molecule has 4 heteroatoms. The molecule has 0 heterocycles. The van der Waals surface area contributed by atoms with Crippen LogP contribution in [0.4, 0.5) is 13.2 Å². The molecule has 0 saturated heterocycles. The summed E-state index contributed by atoms with van der Waals surface area (Å²) in [6, 6.07) is 5.73. The Bertz CT molecular complexity index is 460. The zero-order valence-corrected chi connectivity index (χ0v) is 12.3. The molecule has 21 heavy (non-hydrogen) atoms. The Morgan fingerprint density at radius 3 is 2.71 bits per heavy atom. The molecule has 1 nitrogen and oxygen atoms in total. The summed E-state index contributed by atoms with van der Waals surface area (Å²) < 4.78 is 38.2. The highest BCUT2D eigenvalue weighted by molar-refractivity contribution is 5.26. The summed E-state index contributed by atoms with van der Waals surface area (Å²) in [4.78, 5) is 0. The van der Waals surface area contributed by atoms with Crippen LogP contribution in [0.3, 0.4) is 0 Å². The minimum Gasteiger partial charge on any atom is -0.314 e. The quantitative estimate of drug-likeness (QED) is 0.553. The van der Waals surface area contributed by atoms with Crippen LogP contribution in [0.2, 0.25) is 0 Å².